The molecule has 1 saturated heterocycles. The molecule has 1 heterocycles. The Morgan fingerprint density at radius 2 is 1.52 bits per heavy atom. The number of nitrogens with zero attached hydrogens (tertiary/aromatic N) is 2. The summed E-state index contributed by atoms with van der Waals surface area (Å²) >= 11 is 0. The van der Waals surface area contributed by atoms with Crippen molar-refractivity contribution in [1.29, 1.82) is 0 Å². The maximum absolute atomic E-state index is 13.5. The average molecular weight is 370 g/mol. The van der Waals surface area contributed by atoms with Crippen LogP contribution in [0.2, 0.25) is 0 Å². The second-order valence-electron chi connectivity index (χ2n) is 6.73. The Balaban J connectivity index is 1.68. The summed E-state index contributed by atoms with van der Waals surface area (Å²) < 4.78 is 18.7. The van der Waals surface area contributed by atoms with Gasteiger partial charge in [-0.3, -0.25) is 9.59 Å². The van der Waals surface area contributed by atoms with E-state index in [1.807, 2.05) is 32.0 Å². The lowest BCUT2D eigenvalue weighted by atomic mass is 10.1. The molecular weight excluding hydrogens is 347 g/mol. The van der Waals surface area contributed by atoms with E-state index >= 15 is 0 Å². The van der Waals surface area contributed by atoms with E-state index < -0.39 is 5.82 Å². The second-order valence-corrected chi connectivity index (χ2v) is 6.73. The third-order valence-corrected chi connectivity index (χ3v) is 5.00. The molecule has 0 unspecified atom stereocenters. The Bertz CT molecular complexity index is 874. The third kappa shape index (κ3) is 3.94. The number of amides is 2. The summed E-state index contributed by atoms with van der Waals surface area (Å²) in [4.78, 5) is 28.8. The molecule has 1 aliphatic heterocycles. The SMILES string of the molecule is COc1ccc(F)cc1C(=O)N1CCN(C(=O)c2ccc(C)c(C)c2)CC1. The third-order valence-electron chi connectivity index (χ3n) is 5.00. The minimum atomic E-state index is -0.484. The number of carbonyl (C=O) groups is 2. The number of benzene rings is 2. The van der Waals surface area contributed by atoms with Crippen LogP contribution in [0, 0.1) is 19.7 Å². The molecule has 1 aliphatic rings. The highest BCUT2D eigenvalue weighted by molar-refractivity contribution is 5.97. The van der Waals surface area contributed by atoms with Crippen molar-refractivity contribution in [2.45, 2.75) is 13.8 Å². The van der Waals surface area contributed by atoms with Gasteiger partial charge in [0.25, 0.3) is 11.8 Å². The Hall–Kier alpha value is -2.89. The molecule has 1 fully saturated rings. The highest BCUT2D eigenvalue weighted by Gasteiger charge is 2.27. The van der Waals surface area contributed by atoms with E-state index in [0.717, 1.165) is 11.1 Å². The molecule has 142 valence electrons. The molecule has 2 amide bonds. The lowest BCUT2D eigenvalue weighted by Gasteiger charge is -2.35. The average Bonchev–Trinajstić information content (AvgIpc) is 2.69. The first-order valence-corrected chi connectivity index (χ1v) is 8.90. The molecule has 27 heavy (non-hydrogen) atoms. The number of halogens is 1. The molecule has 0 saturated carbocycles. The number of methoxy groups -OCH3 is 1. The summed E-state index contributed by atoms with van der Waals surface area (Å²) in [5.74, 6) is -0.462. The van der Waals surface area contributed by atoms with Crippen molar-refractivity contribution in [2.75, 3.05) is 33.3 Å². The van der Waals surface area contributed by atoms with Gasteiger partial charge in [-0.05, 0) is 55.3 Å². The zero-order valence-corrected chi connectivity index (χ0v) is 15.8. The highest BCUT2D eigenvalue weighted by atomic mass is 19.1. The topological polar surface area (TPSA) is 49.9 Å². The molecule has 0 atom stereocenters. The predicted molar refractivity (Wildman–Crippen MR) is 101 cm³/mol. The maximum atomic E-state index is 13.5. The lowest BCUT2D eigenvalue weighted by Crippen LogP contribution is -2.50. The van der Waals surface area contributed by atoms with Crippen LogP contribution in [0.15, 0.2) is 36.4 Å². The van der Waals surface area contributed by atoms with E-state index in [1.165, 1.54) is 25.3 Å². The summed E-state index contributed by atoms with van der Waals surface area (Å²) in [7, 11) is 1.45. The number of aryl methyl sites for hydroxylation is 2. The molecule has 3 rings (SSSR count). The van der Waals surface area contributed by atoms with Crippen molar-refractivity contribution in [3.63, 3.8) is 0 Å². The van der Waals surface area contributed by atoms with Crippen molar-refractivity contribution >= 4 is 11.8 Å². The van der Waals surface area contributed by atoms with Gasteiger partial charge in [0.05, 0.1) is 12.7 Å². The minimum absolute atomic E-state index is 0.0338. The fraction of sp³-hybridized carbons (Fsp3) is 0.333. The standard InChI is InChI=1S/C21H23FN2O3/c1-14-4-5-16(12-15(14)2)20(25)23-8-10-24(11-9-23)21(26)18-13-17(22)6-7-19(18)27-3/h4-7,12-13H,8-11H2,1-3H3. The minimum Gasteiger partial charge on any atom is -0.496 e. The zero-order chi connectivity index (χ0) is 19.6. The molecule has 0 aromatic heterocycles. The van der Waals surface area contributed by atoms with Crippen LogP contribution in [0.25, 0.3) is 0 Å². The number of ether oxygens (including phenoxy) is 1. The van der Waals surface area contributed by atoms with E-state index in [0.29, 0.717) is 37.5 Å². The quantitative estimate of drug-likeness (QED) is 0.834. The van der Waals surface area contributed by atoms with Crippen LogP contribution in [0.1, 0.15) is 31.8 Å². The molecule has 0 spiro atoms. The summed E-state index contributed by atoms with van der Waals surface area (Å²) in [6.07, 6.45) is 0. The Labute approximate surface area is 158 Å². The van der Waals surface area contributed by atoms with Gasteiger partial charge in [0.1, 0.15) is 11.6 Å². The molecule has 2 aromatic rings. The van der Waals surface area contributed by atoms with Gasteiger partial charge in [0, 0.05) is 31.7 Å². The van der Waals surface area contributed by atoms with E-state index in [4.69, 9.17) is 4.74 Å². The van der Waals surface area contributed by atoms with Gasteiger partial charge in [0.2, 0.25) is 0 Å². The summed E-state index contributed by atoms with van der Waals surface area (Å²) in [6, 6.07) is 9.57. The maximum Gasteiger partial charge on any atom is 0.257 e. The fourth-order valence-electron chi connectivity index (χ4n) is 3.19. The van der Waals surface area contributed by atoms with Gasteiger partial charge >= 0.3 is 0 Å². The van der Waals surface area contributed by atoms with Crippen LogP contribution in [-0.4, -0.2) is 54.9 Å². The van der Waals surface area contributed by atoms with Crippen molar-refractivity contribution in [3.05, 3.63) is 64.5 Å². The Morgan fingerprint density at radius 3 is 2.11 bits per heavy atom. The normalized spacial score (nSPS) is 14.2. The van der Waals surface area contributed by atoms with Crippen LogP contribution in [0.3, 0.4) is 0 Å². The molecule has 5 nitrogen and oxygen atoms in total. The van der Waals surface area contributed by atoms with E-state index in [9.17, 15) is 14.0 Å². The zero-order valence-electron chi connectivity index (χ0n) is 15.8. The number of carbonyl (C=O) groups excluding carboxylic acids is 2. The number of hydrogen-bond acceptors (Lipinski definition) is 3. The van der Waals surface area contributed by atoms with Gasteiger partial charge in [0.15, 0.2) is 0 Å². The lowest BCUT2D eigenvalue weighted by molar-refractivity contribution is 0.0533. The monoisotopic (exact) mass is 370 g/mol. The fourth-order valence-corrected chi connectivity index (χ4v) is 3.19. The van der Waals surface area contributed by atoms with E-state index in [-0.39, 0.29) is 17.4 Å². The second kappa shape index (κ2) is 7.78. The smallest absolute Gasteiger partial charge is 0.257 e. The van der Waals surface area contributed by atoms with Gasteiger partial charge < -0.3 is 14.5 Å². The number of hydrogen-bond donors (Lipinski definition) is 0. The predicted octanol–water partition coefficient (Wildman–Crippen LogP) is 3.05. The molecule has 0 bridgehead atoms. The van der Waals surface area contributed by atoms with Crippen LogP contribution < -0.4 is 4.74 Å². The molecule has 6 heteroatoms. The van der Waals surface area contributed by atoms with E-state index in [2.05, 4.69) is 0 Å². The molecule has 0 radical (unpaired) electrons. The Kier molecular flexibility index (Phi) is 5.44. The largest absolute Gasteiger partial charge is 0.496 e. The Morgan fingerprint density at radius 1 is 0.889 bits per heavy atom. The van der Waals surface area contributed by atoms with Crippen molar-refractivity contribution < 1.29 is 18.7 Å². The number of piperazine rings is 1. The number of rotatable bonds is 3. The van der Waals surface area contributed by atoms with Gasteiger partial charge in [-0.2, -0.15) is 0 Å². The van der Waals surface area contributed by atoms with Gasteiger partial charge in [-0.15, -0.1) is 0 Å². The summed E-state index contributed by atoms with van der Waals surface area (Å²) in [5.41, 5.74) is 3.08. The summed E-state index contributed by atoms with van der Waals surface area (Å²) in [6.45, 7) is 5.66. The van der Waals surface area contributed by atoms with Gasteiger partial charge in [-0.25, -0.2) is 4.39 Å². The first kappa shape index (κ1) is 18.9. The van der Waals surface area contributed by atoms with Crippen LogP contribution in [0.5, 0.6) is 5.75 Å². The molecular formula is C21H23FN2O3. The summed E-state index contributed by atoms with van der Waals surface area (Å²) in [5, 5.41) is 0. The molecule has 0 aliphatic carbocycles. The van der Waals surface area contributed by atoms with Gasteiger partial charge in [-0.1, -0.05) is 6.07 Å². The van der Waals surface area contributed by atoms with Crippen molar-refractivity contribution in [3.8, 4) is 5.75 Å². The molecule has 0 N–H and O–H groups in total. The van der Waals surface area contributed by atoms with Crippen molar-refractivity contribution in [1.82, 2.24) is 9.80 Å². The molecule has 2 aromatic carbocycles. The van der Waals surface area contributed by atoms with Crippen LogP contribution in [-0.2, 0) is 0 Å². The van der Waals surface area contributed by atoms with Crippen molar-refractivity contribution in [2.24, 2.45) is 0 Å². The van der Waals surface area contributed by atoms with E-state index in [1.54, 1.807) is 9.80 Å². The first-order chi connectivity index (χ1) is 12.9. The highest BCUT2D eigenvalue weighted by Crippen LogP contribution is 2.22. The first-order valence-electron chi connectivity index (χ1n) is 8.90. The van der Waals surface area contributed by atoms with Crippen LogP contribution >= 0.6 is 0 Å². The van der Waals surface area contributed by atoms with Crippen LogP contribution in [0.4, 0.5) is 4.39 Å².